The van der Waals surface area contributed by atoms with Crippen molar-refractivity contribution in [3.63, 3.8) is 0 Å². The van der Waals surface area contributed by atoms with Gasteiger partial charge in [0.2, 0.25) is 5.91 Å². The first kappa shape index (κ1) is 5.56. The average molecular weight is 114 g/mol. The standard InChI is InChI=1S/C5H10N2O/c6-4-2-1-3-5(8)7-4/h4H,1-3,6H2,(H,7,8). The molecule has 0 aromatic carbocycles. The third-order valence-electron chi connectivity index (χ3n) is 1.27. The van der Waals surface area contributed by atoms with Crippen LogP contribution in [-0.4, -0.2) is 12.1 Å². The number of hydrogen-bond donors (Lipinski definition) is 2. The van der Waals surface area contributed by atoms with Crippen molar-refractivity contribution in [2.24, 2.45) is 5.73 Å². The summed E-state index contributed by atoms with van der Waals surface area (Å²) >= 11 is 0. The lowest BCUT2D eigenvalue weighted by Gasteiger charge is -2.18. The first-order valence-corrected chi connectivity index (χ1v) is 2.84. The van der Waals surface area contributed by atoms with E-state index in [1.807, 2.05) is 0 Å². The Morgan fingerprint density at radius 2 is 2.50 bits per heavy atom. The van der Waals surface area contributed by atoms with Gasteiger partial charge in [-0.05, 0) is 12.8 Å². The van der Waals surface area contributed by atoms with E-state index in [4.69, 9.17) is 5.73 Å². The molecule has 1 aliphatic heterocycles. The van der Waals surface area contributed by atoms with Crippen LogP contribution in [0.25, 0.3) is 0 Å². The summed E-state index contributed by atoms with van der Waals surface area (Å²) in [7, 11) is 0. The molecule has 1 fully saturated rings. The van der Waals surface area contributed by atoms with Gasteiger partial charge in [-0.3, -0.25) is 4.79 Å². The van der Waals surface area contributed by atoms with Crippen LogP contribution >= 0.6 is 0 Å². The Bertz CT molecular complexity index is 103. The fraction of sp³-hybridized carbons (Fsp3) is 0.800. The Balaban J connectivity index is 2.34. The topological polar surface area (TPSA) is 55.1 Å². The molecule has 1 saturated heterocycles. The minimum absolute atomic E-state index is 0.0868. The molecule has 3 nitrogen and oxygen atoms in total. The largest absolute Gasteiger partial charge is 0.341 e. The van der Waals surface area contributed by atoms with Crippen LogP contribution in [-0.2, 0) is 4.79 Å². The molecule has 0 radical (unpaired) electrons. The van der Waals surface area contributed by atoms with Crippen molar-refractivity contribution in [3.05, 3.63) is 0 Å². The molecule has 1 aliphatic rings. The Morgan fingerprint density at radius 3 is 2.88 bits per heavy atom. The number of rotatable bonds is 0. The predicted octanol–water partition coefficient (Wildman–Crippen LogP) is -0.429. The van der Waals surface area contributed by atoms with Gasteiger partial charge in [-0.25, -0.2) is 0 Å². The van der Waals surface area contributed by atoms with Gasteiger partial charge < -0.3 is 11.1 Å². The molecule has 1 heterocycles. The van der Waals surface area contributed by atoms with Crippen molar-refractivity contribution in [2.75, 3.05) is 0 Å². The van der Waals surface area contributed by atoms with Gasteiger partial charge in [0.15, 0.2) is 0 Å². The third-order valence-corrected chi connectivity index (χ3v) is 1.27. The van der Waals surface area contributed by atoms with E-state index in [0.717, 1.165) is 12.8 Å². The molecule has 1 unspecified atom stereocenters. The minimum atomic E-state index is -0.0868. The lowest BCUT2D eigenvalue weighted by Crippen LogP contribution is -2.44. The van der Waals surface area contributed by atoms with Gasteiger partial charge in [0, 0.05) is 6.42 Å². The summed E-state index contributed by atoms with van der Waals surface area (Å²) in [6.07, 6.45) is 2.42. The van der Waals surface area contributed by atoms with E-state index in [1.165, 1.54) is 0 Å². The molecule has 0 aliphatic carbocycles. The second-order valence-electron chi connectivity index (χ2n) is 2.07. The van der Waals surface area contributed by atoms with Gasteiger partial charge in [-0.2, -0.15) is 0 Å². The lowest BCUT2D eigenvalue weighted by atomic mass is 10.1. The molecular weight excluding hydrogens is 104 g/mol. The van der Waals surface area contributed by atoms with Crippen molar-refractivity contribution in [2.45, 2.75) is 25.4 Å². The SMILES string of the molecule is NC1CCCC(=O)N1. The van der Waals surface area contributed by atoms with Crippen molar-refractivity contribution in [1.29, 1.82) is 0 Å². The highest BCUT2D eigenvalue weighted by Gasteiger charge is 2.12. The number of nitrogens with two attached hydrogens (primary N) is 1. The van der Waals surface area contributed by atoms with Crippen molar-refractivity contribution < 1.29 is 4.79 Å². The molecule has 3 N–H and O–H groups in total. The number of piperidine rings is 1. The maximum atomic E-state index is 10.5. The molecule has 8 heavy (non-hydrogen) atoms. The van der Waals surface area contributed by atoms with Gasteiger partial charge in [-0.15, -0.1) is 0 Å². The van der Waals surface area contributed by atoms with Gasteiger partial charge in [0.1, 0.15) is 0 Å². The van der Waals surface area contributed by atoms with Crippen molar-refractivity contribution >= 4 is 5.91 Å². The zero-order valence-corrected chi connectivity index (χ0v) is 4.68. The summed E-state index contributed by atoms with van der Waals surface area (Å²) in [5.41, 5.74) is 5.39. The summed E-state index contributed by atoms with van der Waals surface area (Å²) in [6, 6.07) is 0. The summed E-state index contributed by atoms with van der Waals surface area (Å²) in [5, 5.41) is 2.62. The van der Waals surface area contributed by atoms with E-state index >= 15 is 0 Å². The predicted molar refractivity (Wildman–Crippen MR) is 30.0 cm³/mol. The molecule has 1 amide bonds. The Labute approximate surface area is 48.2 Å². The summed E-state index contributed by atoms with van der Waals surface area (Å²) in [6.45, 7) is 0. The molecule has 0 spiro atoms. The fourth-order valence-electron chi connectivity index (χ4n) is 0.834. The zero-order chi connectivity index (χ0) is 5.98. The average Bonchev–Trinajstić information content (AvgIpc) is 1.64. The van der Waals surface area contributed by atoms with Crippen LogP contribution in [0.15, 0.2) is 0 Å². The molecule has 0 bridgehead atoms. The van der Waals surface area contributed by atoms with Crippen LogP contribution in [0.4, 0.5) is 0 Å². The van der Waals surface area contributed by atoms with Gasteiger partial charge in [-0.1, -0.05) is 0 Å². The Kier molecular flexibility index (Phi) is 1.48. The van der Waals surface area contributed by atoms with Crippen LogP contribution in [0, 0.1) is 0 Å². The smallest absolute Gasteiger partial charge is 0.221 e. The molecule has 46 valence electrons. The number of hydrogen-bond acceptors (Lipinski definition) is 2. The van der Waals surface area contributed by atoms with Gasteiger partial charge >= 0.3 is 0 Å². The highest BCUT2D eigenvalue weighted by Crippen LogP contribution is 2.02. The Hall–Kier alpha value is -0.570. The second kappa shape index (κ2) is 2.13. The van der Waals surface area contributed by atoms with Crippen LogP contribution in [0.2, 0.25) is 0 Å². The molecule has 1 atom stereocenters. The minimum Gasteiger partial charge on any atom is -0.341 e. The molecule has 0 saturated carbocycles. The molecular formula is C5H10N2O. The highest BCUT2D eigenvalue weighted by atomic mass is 16.1. The molecule has 0 aromatic rings. The van der Waals surface area contributed by atoms with E-state index in [0.29, 0.717) is 6.42 Å². The van der Waals surface area contributed by atoms with E-state index in [9.17, 15) is 4.79 Å². The summed E-state index contributed by atoms with van der Waals surface area (Å²) < 4.78 is 0. The fourth-order valence-corrected chi connectivity index (χ4v) is 0.834. The maximum Gasteiger partial charge on any atom is 0.221 e. The highest BCUT2D eigenvalue weighted by molar-refractivity contribution is 5.76. The number of carbonyl (C=O) groups excluding carboxylic acids is 1. The summed E-state index contributed by atoms with van der Waals surface area (Å²) in [4.78, 5) is 10.5. The van der Waals surface area contributed by atoms with Crippen LogP contribution in [0.3, 0.4) is 0 Å². The van der Waals surface area contributed by atoms with Crippen molar-refractivity contribution in [3.8, 4) is 0 Å². The lowest BCUT2D eigenvalue weighted by molar-refractivity contribution is -0.123. The normalized spacial score (nSPS) is 29.6. The third kappa shape index (κ3) is 1.20. The Morgan fingerprint density at radius 1 is 1.75 bits per heavy atom. The number of carbonyl (C=O) groups is 1. The van der Waals surface area contributed by atoms with E-state index < -0.39 is 0 Å². The monoisotopic (exact) mass is 114 g/mol. The van der Waals surface area contributed by atoms with Crippen LogP contribution < -0.4 is 11.1 Å². The van der Waals surface area contributed by atoms with Crippen LogP contribution in [0.1, 0.15) is 19.3 Å². The van der Waals surface area contributed by atoms with Gasteiger partial charge in [0.25, 0.3) is 0 Å². The van der Waals surface area contributed by atoms with E-state index in [1.54, 1.807) is 0 Å². The molecule has 0 aromatic heterocycles. The van der Waals surface area contributed by atoms with E-state index in [2.05, 4.69) is 5.32 Å². The first-order valence-electron chi connectivity index (χ1n) is 2.84. The van der Waals surface area contributed by atoms with Crippen molar-refractivity contribution in [1.82, 2.24) is 5.32 Å². The number of nitrogens with one attached hydrogen (secondary N) is 1. The van der Waals surface area contributed by atoms with Crippen LogP contribution in [0.5, 0.6) is 0 Å². The zero-order valence-electron chi connectivity index (χ0n) is 4.68. The van der Waals surface area contributed by atoms with Gasteiger partial charge in [0.05, 0.1) is 6.17 Å². The number of amides is 1. The van der Waals surface area contributed by atoms with E-state index in [-0.39, 0.29) is 12.1 Å². The molecule has 3 heteroatoms. The second-order valence-corrected chi connectivity index (χ2v) is 2.07. The maximum absolute atomic E-state index is 10.5. The summed E-state index contributed by atoms with van der Waals surface area (Å²) in [5.74, 6) is 0.0868. The molecule has 1 rings (SSSR count). The first-order chi connectivity index (χ1) is 3.79. The quantitative estimate of drug-likeness (QED) is 0.449.